The van der Waals surface area contributed by atoms with E-state index in [0.29, 0.717) is 0 Å². The van der Waals surface area contributed by atoms with Crippen LogP contribution >= 0.6 is 0 Å². The summed E-state index contributed by atoms with van der Waals surface area (Å²) >= 11 is 0. The number of fused-ring (bicyclic) bond motifs is 11. The van der Waals surface area contributed by atoms with Crippen LogP contribution in [-0.2, 0) is 5.41 Å². The van der Waals surface area contributed by atoms with Gasteiger partial charge in [-0.25, -0.2) is 0 Å². The van der Waals surface area contributed by atoms with Crippen LogP contribution in [0.5, 0.6) is 0 Å². The Labute approximate surface area is 304 Å². The molecule has 10 rings (SSSR count). The zero-order valence-electron chi connectivity index (χ0n) is 28.9. The monoisotopic (exact) mass is 665 g/mol. The molecule has 52 heavy (non-hydrogen) atoms. The highest BCUT2D eigenvalue weighted by atomic mass is 16.3. The van der Waals surface area contributed by atoms with Crippen LogP contribution in [0.3, 0.4) is 0 Å². The molecule has 2 heteroatoms. The molecule has 0 aliphatic heterocycles. The van der Waals surface area contributed by atoms with Gasteiger partial charge in [0.15, 0.2) is 0 Å². The Bertz CT molecular complexity index is 2650. The highest BCUT2D eigenvalue weighted by Crippen LogP contribution is 2.65. The topological polar surface area (TPSA) is 16.4 Å². The van der Waals surface area contributed by atoms with Crippen molar-refractivity contribution in [3.8, 4) is 33.4 Å². The van der Waals surface area contributed by atoms with Crippen LogP contribution in [0.1, 0.15) is 40.5 Å². The lowest BCUT2D eigenvalue weighted by atomic mass is 9.70. The number of anilines is 3. The number of allylic oxidation sites excluding steroid dienone is 1. The molecule has 1 heterocycles. The normalized spacial score (nSPS) is 13.2. The quantitative estimate of drug-likeness (QED) is 0.176. The summed E-state index contributed by atoms with van der Waals surface area (Å²) in [5.41, 5.74) is 17.4. The average molecular weight is 666 g/mol. The van der Waals surface area contributed by atoms with Gasteiger partial charge in [0.2, 0.25) is 0 Å². The minimum Gasteiger partial charge on any atom is -0.456 e. The van der Waals surface area contributed by atoms with E-state index in [9.17, 15) is 0 Å². The van der Waals surface area contributed by atoms with Gasteiger partial charge in [-0.2, -0.15) is 0 Å². The summed E-state index contributed by atoms with van der Waals surface area (Å²) in [6, 6.07) is 60.0. The average Bonchev–Trinajstić information content (AvgIpc) is 3.83. The Morgan fingerprint density at radius 3 is 1.75 bits per heavy atom. The molecule has 0 saturated carbocycles. The predicted molar refractivity (Wildman–Crippen MR) is 217 cm³/mol. The first-order valence-electron chi connectivity index (χ1n) is 17.9. The minimum atomic E-state index is -0.496. The largest absolute Gasteiger partial charge is 0.456 e. The van der Waals surface area contributed by atoms with Crippen molar-refractivity contribution < 1.29 is 4.42 Å². The molecule has 8 aromatic rings. The van der Waals surface area contributed by atoms with Crippen LogP contribution in [0.4, 0.5) is 17.1 Å². The summed E-state index contributed by atoms with van der Waals surface area (Å²) in [5.74, 6) is 0.776. The maximum atomic E-state index is 6.29. The van der Waals surface area contributed by atoms with Gasteiger partial charge in [-0.1, -0.05) is 146 Å². The molecule has 0 fully saturated rings. The van der Waals surface area contributed by atoms with Crippen LogP contribution in [0, 0.1) is 0 Å². The fraction of sp³-hybridized carbons (Fsp3) is 0.0400. The summed E-state index contributed by atoms with van der Waals surface area (Å²) in [6.45, 7) is 6.09. The van der Waals surface area contributed by atoms with Crippen LogP contribution < -0.4 is 4.90 Å². The summed E-state index contributed by atoms with van der Waals surface area (Å²) in [7, 11) is 0. The van der Waals surface area contributed by atoms with E-state index in [1.165, 1.54) is 55.6 Å². The van der Waals surface area contributed by atoms with Gasteiger partial charge in [0, 0.05) is 27.9 Å². The van der Waals surface area contributed by atoms with E-state index in [1.807, 2.05) is 6.92 Å². The van der Waals surface area contributed by atoms with Crippen molar-refractivity contribution in [1.82, 2.24) is 0 Å². The molecule has 0 N–H and O–H groups in total. The molecular weight excluding hydrogens is 631 g/mol. The summed E-state index contributed by atoms with van der Waals surface area (Å²) < 4.78 is 6.29. The van der Waals surface area contributed by atoms with E-state index in [0.717, 1.165) is 39.4 Å². The minimum absolute atomic E-state index is 0.496. The van der Waals surface area contributed by atoms with Crippen molar-refractivity contribution in [3.05, 3.63) is 210 Å². The Hall–Kier alpha value is -6.64. The van der Waals surface area contributed by atoms with E-state index in [-0.39, 0.29) is 0 Å². The molecule has 1 spiro atoms. The summed E-state index contributed by atoms with van der Waals surface area (Å²) in [4.78, 5) is 2.45. The SMILES string of the molecule is C=Cc1oc2ccc(N(c3ccc(-c4ccccc4)cc3)c3cccc4c3C3(c5ccccc5-c5ccccc53)c3ccccc3-4)cc2c1/C=C\C. The maximum absolute atomic E-state index is 6.29. The number of hydrogen-bond acceptors (Lipinski definition) is 2. The van der Waals surface area contributed by atoms with Crippen molar-refractivity contribution in [3.63, 3.8) is 0 Å². The maximum Gasteiger partial charge on any atom is 0.135 e. The molecule has 0 saturated heterocycles. The molecule has 0 atom stereocenters. The molecule has 246 valence electrons. The van der Waals surface area contributed by atoms with E-state index in [4.69, 9.17) is 4.42 Å². The van der Waals surface area contributed by atoms with Crippen molar-refractivity contribution in [2.45, 2.75) is 12.3 Å². The molecule has 0 radical (unpaired) electrons. The van der Waals surface area contributed by atoms with Gasteiger partial charge in [0.1, 0.15) is 11.3 Å². The smallest absolute Gasteiger partial charge is 0.135 e. The molecular formula is C50H35NO. The summed E-state index contributed by atoms with van der Waals surface area (Å²) in [6.07, 6.45) is 5.98. The van der Waals surface area contributed by atoms with Crippen molar-refractivity contribution in [2.75, 3.05) is 4.90 Å². The van der Waals surface area contributed by atoms with Crippen LogP contribution in [0.25, 0.3) is 56.5 Å². The standard InChI is InChI=1S/C50H35NO/c1-3-15-40-42-32-36(30-31-48(42)52-47(40)4-2)51(35-28-26-34(27-29-35)33-16-6-5-7-17-33)46-25-14-21-41-39-20-10-13-24-45(39)50(49(41)46)43-22-11-8-18-37(43)38-19-9-12-23-44(38)50/h3-32H,2H2,1H3/b15-3-. The number of benzene rings is 7. The second-order valence-electron chi connectivity index (χ2n) is 13.6. The zero-order chi connectivity index (χ0) is 34.8. The third-order valence-corrected chi connectivity index (χ3v) is 11.0. The van der Waals surface area contributed by atoms with E-state index in [2.05, 4.69) is 187 Å². The van der Waals surface area contributed by atoms with Crippen molar-refractivity contribution in [1.29, 1.82) is 0 Å². The zero-order valence-corrected chi connectivity index (χ0v) is 28.9. The molecule has 2 nitrogen and oxygen atoms in total. The fourth-order valence-electron chi connectivity index (χ4n) is 8.93. The third kappa shape index (κ3) is 4.18. The van der Waals surface area contributed by atoms with Crippen molar-refractivity contribution in [2.24, 2.45) is 0 Å². The first-order valence-corrected chi connectivity index (χ1v) is 17.9. The molecule has 2 aliphatic carbocycles. The van der Waals surface area contributed by atoms with Gasteiger partial charge >= 0.3 is 0 Å². The van der Waals surface area contributed by atoms with Gasteiger partial charge in [0.25, 0.3) is 0 Å². The van der Waals surface area contributed by atoms with E-state index < -0.39 is 5.41 Å². The number of hydrogen-bond donors (Lipinski definition) is 0. The highest BCUT2D eigenvalue weighted by Gasteiger charge is 2.53. The number of furan rings is 1. The lowest BCUT2D eigenvalue weighted by Gasteiger charge is -2.36. The second-order valence-corrected chi connectivity index (χ2v) is 13.6. The highest BCUT2D eigenvalue weighted by molar-refractivity contribution is 6.01. The Morgan fingerprint density at radius 2 is 1.12 bits per heavy atom. The molecule has 0 unspecified atom stereocenters. The molecule has 2 aliphatic rings. The van der Waals surface area contributed by atoms with Gasteiger partial charge in [-0.15, -0.1) is 0 Å². The lowest BCUT2D eigenvalue weighted by Crippen LogP contribution is -2.28. The Balaban J connectivity index is 1.29. The first-order chi connectivity index (χ1) is 25.7. The van der Waals surface area contributed by atoms with Gasteiger partial charge < -0.3 is 9.32 Å². The second kappa shape index (κ2) is 11.7. The van der Waals surface area contributed by atoms with Gasteiger partial charge in [-0.05, 0) is 99.5 Å². The third-order valence-electron chi connectivity index (χ3n) is 11.0. The Kier molecular flexibility index (Phi) is 6.81. The van der Waals surface area contributed by atoms with Gasteiger partial charge in [0.05, 0.1) is 11.1 Å². The van der Waals surface area contributed by atoms with Crippen molar-refractivity contribution >= 4 is 40.2 Å². The van der Waals surface area contributed by atoms with Gasteiger partial charge in [-0.3, -0.25) is 0 Å². The fourth-order valence-corrected chi connectivity index (χ4v) is 8.93. The first kappa shape index (κ1) is 30.2. The van der Waals surface area contributed by atoms with E-state index in [1.54, 1.807) is 6.08 Å². The van der Waals surface area contributed by atoms with Crippen LogP contribution in [-0.4, -0.2) is 0 Å². The predicted octanol–water partition coefficient (Wildman–Crippen LogP) is 13.6. The number of rotatable bonds is 6. The lowest BCUT2D eigenvalue weighted by molar-refractivity contribution is 0.603. The van der Waals surface area contributed by atoms with E-state index >= 15 is 0 Å². The molecule has 0 amide bonds. The molecule has 0 bridgehead atoms. The Morgan fingerprint density at radius 1 is 0.558 bits per heavy atom. The van der Waals surface area contributed by atoms with Crippen LogP contribution in [0.2, 0.25) is 0 Å². The number of nitrogens with zero attached hydrogens (tertiary/aromatic N) is 1. The van der Waals surface area contributed by atoms with Crippen LogP contribution in [0.15, 0.2) is 181 Å². The summed E-state index contributed by atoms with van der Waals surface area (Å²) in [5, 5.41) is 1.05. The molecule has 1 aromatic heterocycles. The molecule has 7 aromatic carbocycles.